The third-order valence-corrected chi connectivity index (χ3v) is 4.62. The van der Waals surface area contributed by atoms with Crippen LogP contribution in [0, 0.1) is 0 Å². The average molecular weight is 312 g/mol. The number of hydrogen-bond donors (Lipinski definition) is 2. The number of hydrogen-bond acceptors (Lipinski definition) is 3. The van der Waals surface area contributed by atoms with E-state index in [9.17, 15) is 8.42 Å². The average Bonchev–Trinajstić information content (AvgIpc) is 2.43. The lowest BCUT2D eigenvalue weighted by molar-refractivity contribution is 0.437. The largest absolute Gasteiger partial charge is 0.308 e. The Morgan fingerprint density at radius 2 is 1.90 bits per heavy atom. The lowest BCUT2D eigenvalue weighted by atomic mass is 10.0. The van der Waals surface area contributed by atoms with E-state index in [2.05, 4.69) is 19.2 Å². The molecule has 0 saturated heterocycles. The van der Waals surface area contributed by atoms with Crippen LogP contribution < -0.4 is 10.5 Å². The van der Waals surface area contributed by atoms with Gasteiger partial charge in [0, 0.05) is 12.1 Å². The Morgan fingerprint density at radius 3 is 2.52 bits per heavy atom. The van der Waals surface area contributed by atoms with Crippen LogP contribution in [0.5, 0.6) is 0 Å². The van der Waals surface area contributed by atoms with E-state index in [1.54, 1.807) is 12.1 Å². The molecule has 120 valence electrons. The Bertz CT molecular complexity index is 529. The summed E-state index contributed by atoms with van der Waals surface area (Å²) in [5.41, 5.74) is 0.946. The van der Waals surface area contributed by atoms with E-state index < -0.39 is 10.0 Å². The van der Waals surface area contributed by atoms with E-state index in [1.807, 2.05) is 13.0 Å². The van der Waals surface area contributed by atoms with Crippen LogP contribution in [0.4, 0.5) is 0 Å². The minimum atomic E-state index is -3.64. The number of nitrogens with one attached hydrogen (secondary N) is 1. The van der Waals surface area contributed by atoms with Gasteiger partial charge in [0.05, 0.1) is 4.90 Å². The van der Waals surface area contributed by atoms with Gasteiger partial charge < -0.3 is 5.32 Å². The predicted octanol–water partition coefficient (Wildman–Crippen LogP) is 3.34. The Kier molecular flexibility index (Phi) is 7.35. The molecule has 0 amide bonds. The second-order valence-electron chi connectivity index (χ2n) is 5.76. The standard InChI is InChI=1S/C16H28N2O2S/c1-4-5-6-7-9-13(2)18-14(3)15-10-8-11-16(12-15)21(17,19)20/h8,10-14,18H,4-7,9H2,1-3H3,(H2,17,19,20). The molecule has 3 N–H and O–H groups in total. The monoisotopic (exact) mass is 312 g/mol. The van der Waals surface area contributed by atoms with Crippen LogP contribution in [-0.4, -0.2) is 14.5 Å². The Hall–Kier alpha value is -0.910. The van der Waals surface area contributed by atoms with Gasteiger partial charge in [0.25, 0.3) is 0 Å². The molecule has 0 radical (unpaired) electrons. The first-order chi connectivity index (χ1) is 9.84. The van der Waals surface area contributed by atoms with Gasteiger partial charge in [0.1, 0.15) is 0 Å². The maximum atomic E-state index is 11.4. The summed E-state index contributed by atoms with van der Waals surface area (Å²) >= 11 is 0. The second kappa shape index (κ2) is 8.51. The van der Waals surface area contributed by atoms with E-state index in [-0.39, 0.29) is 10.9 Å². The predicted molar refractivity (Wildman–Crippen MR) is 87.6 cm³/mol. The quantitative estimate of drug-likeness (QED) is 0.687. The first-order valence-corrected chi connectivity index (χ1v) is 9.28. The third kappa shape index (κ3) is 6.59. The van der Waals surface area contributed by atoms with Crippen LogP contribution in [0.25, 0.3) is 0 Å². The zero-order valence-corrected chi connectivity index (χ0v) is 14.1. The van der Waals surface area contributed by atoms with E-state index >= 15 is 0 Å². The Labute approximate surface area is 129 Å². The van der Waals surface area contributed by atoms with Crippen molar-refractivity contribution in [3.05, 3.63) is 29.8 Å². The highest BCUT2D eigenvalue weighted by atomic mass is 32.2. The molecule has 0 fully saturated rings. The number of benzene rings is 1. The second-order valence-corrected chi connectivity index (χ2v) is 7.32. The van der Waals surface area contributed by atoms with Gasteiger partial charge in [-0.2, -0.15) is 0 Å². The number of sulfonamides is 1. The van der Waals surface area contributed by atoms with Crippen molar-refractivity contribution in [3.8, 4) is 0 Å². The van der Waals surface area contributed by atoms with Crippen LogP contribution in [0.1, 0.15) is 64.5 Å². The molecule has 0 aliphatic rings. The molecule has 0 aliphatic heterocycles. The minimum Gasteiger partial charge on any atom is -0.308 e. The molecule has 1 aromatic rings. The summed E-state index contributed by atoms with van der Waals surface area (Å²) in [6.07, 6.45) is 6.18. The zero-order chi connectivity index (χ0) is 15.9. The number of nitrogens with two attached hydrogens (primary N) is 1. The van der Waals surface area contributed by atoms with Crippen molar-refractivity contribution in [2.45, 2.75) is 69.9 Å². The van der Waals surface area contributed by atoms with E-state index in [1.165, 1.54) is 31.7 Å². The molecule has 5 heteroatoms. The number of rotatable bonds is 9. The van der Waals surface area contributed by atoms with Gasteiger partial charge in [0.15, 0.2) is 0 Å². The summed E-state index contributed by atoms with van der Waals surface area (Å²) in [5, 5.41) is 8.69. The molecule has 0 aromatic heterocycles. The van der Waals surface area contributed by atoms with Crippen LogP contribution in [0.15, 0.2) is 29.2 Å². The van der Waals surface area contributed by atoms with Gasteiger partial charge in [-0.1, -0.05) is 44.7 Å². The lowest BCUT2D eigenvalue weighted by Gasteiger charge is -2.20. The van der Waals surface area contributed by atoms with Crippen LogP contribution >= 0.6 is 0 Å². The van der Waals surface area contributed by atoms with Gasteiger partial charge in [-0.25, -0.2) is 13.6 Å². The fourth-order valence-electron chi connectivity index (χ4n) is 2.44. The molecule has 0 saturated carbocycles. The van der Waals surface area contributed by atoms with Crippen LogP contribution in [-0.2, 0) is 10.0 Å². The van der Waals surface area contributed by atoms with Gasteiger partial charge >= 0.3 is 0 Å². The highest BCUT2D eigenvalue weighted by Gasteiger charge is 2.13. The Morgan fingerprint density at radius 1 is 1.19 bits per heavy atom. The minimum absolute atomic E-state index is 0.105. The SMILES string of the molecule is CCCCCCC(C)NC(C)c1cccc(S(N)(=O)=O)c1. The smallest absolute Gasteiger partial charge is 0.238 e. The summed E-state index contributed by atoms with van der Waals surface area (Å²) in [6, 6.07) is 7.36. The topological polar surface area (TPSA) is 72.2 Å². The maximum absolute atomic E-state index is 11.4. The van der Waals surface area contributed by atoms with Gasteiger partial charge in [0.2, 0.25) is 10.0 Å². The molecular formula is C16H28N2O2S. The summed E-state index contributed by atoms with van der Waals surface area (Å²) in [7, 11) is -3.64. The summed E-state index contributed by atoms with van der Waals surface area (Å²) in [5.74, 6) is 0. The molecule has 0 heterocycles. The normalized spacial score (nSPS) is 14.9. The molecule has 0 aliphatic carbocycles. The number of primary sulfonamides is 1. The number of unbranched alkanes of at least 4 members (excludes halogenated alkanes) is 3. The molecule has 2 atom stereocenters. The van der Waals surface area contributed by atoms with Crippen LogP contribution in [0.3, 0.4) is 0 Å². The highest BCUT2D eigenvalue weighted by molar-refractivity contribution is 7.89. The maximum Gasteiger partial charge on any atom is 0.238 e. The van der Waals surface area contributed by atoms with Crippen molar-refractivity contribution >= 4 is 10.0 Å². The summed E-state index contributed by atoms with van der Waals surface area (Å²) in [4.78, 5) is 0.171. The van der Waals surface area contributed by atoms with Crippen molar-refractivity contribution in [2.75, 3.05) is 0 Å². The first kappa shape index (κ1) is 18.1. The fourth-order valence-corrected chi connectivity index (χ4v) is 3.01. The third-order valence-electron chi connectivity index (χ3n) is 3.71. The molecule has 4 nitrogen and oxygen atoms in total. The molecule has 21 heavy (non-hydrogen) atoms. The molecule has 2 unspecified atom stereocenters. The lowest BCUT2D eigenvalue weighted by Crippen LogP contribution is -2.29. The van der Waals surface area contributed by atoms with Crippen molar-refractivity contribution < 1.29 is 8.42 Å². The van der Waals surface area contributed by atoms with Crippen molar-refractivity contribution in [3.63, 3.8) is 0 Å². The van der Waals surface area contributed by atoms with Crippen LogP contribution in [0.2, 0.25) is 0 Å². The van der Waals surface area contributed by atoms with Crippen molar-refractivity contribution in [1.82, 2.24) is 5.32 Å². The summed E-state index contributed by atoms with van der Waals surface area (Å²) in [6.45, 7) is 6.43. The zero-order valence-electron chi connectivity index (χ0n) is 13.3. The van der Waals surface area contributed by atoms with E-state index in [0.717, 1.165) is 12.0 Å². The molecular weight excluding hydrogens is 284 g/mol. The van der Waals surface area contributed by atoms with E-state index in [4.69, 9.17) is 5.14 Å². The van der Waals surface area contributed by atoms with Crippen molar-refractivity contribution in [1.29, 1.82) is 0 Å². The van der Waals surface area contributed by atoms with Gasteiger partial charge in [-0.05, 0) is 38.0 Å². The fraction of sp³-hybridized carbons (Fsp3) is 0.625. The van der Waals surface area contributed by atoms with Gasteiger partial charge in [-0.15, -0.1) is 0 Å². The Balaban J connectivity index is 2.57. The van der Waals surface area contributed by atoms with E-state index in [0.29, 0.717) is 6.04 Å². The molecule has 1 rings (SSSR count). The molecule has 0 spiro atoms. The highest BCUT2D eigenvalue weighted by Crippen LogP contribution is 2.18. The molecule has 1 aromatic carbocycles. The van der Waals surface area contributed by atoms with Crippen molar-refractivity contribution in [2.24, 2.45) is 5.14 Å². The summed E-state index contributed by atoms with van der Waals surface area (Å²) < 4.78 is 22.8. The first-order valence-electron chi connectivity index (χ1n) is 7.73. The van der Waals surface area contributed by atoms with Gasteiger partial charge in [-0.3, -0.25) is 0 Å². The molecule has 0 bridgehead atoms.